The maximum Gasteiger partial charge on any atom is 0.416 e. The van der Waals surface area contributed by atoms with E-state index in [-0.39, 0.29) is 12.1 Å². The van der Waals surface area contributed by atoms with Gasteiger partial charge >= 0.3 is 6.18 Å². The van der Waals surface area contributed by atoms with E-state index in [0.717, 1.165) is 12.1 Å². The Morgan fingerprint density at radius 2 is 1.84 bits per heavy atom. The van der Waals surface area contributed by atoms with Crippen molar-refractivity contribution in [3.8, 4) is 0 Å². The highest BCUT2D eigenvalue weighted by Gasteiger charge is 2.29. The SMILES string of the molecule is O=c1cc(I)cnn1Cc1ccc(C(F)(F)F)cc1. The molecule has 0 N–H and O–H groups in total. The molecule has 3 nitrogen and oxygen atoms in total. The smallest absolute Gasteiger partial charge is 0.268 e. The van der Waals surface area contributed by atoms with Gasteiger partial charge < -0.3 is 0 Å². The molecule has 0 bridgehead atoms. The molecule has 1 aromatic heterocycles. The molecule has 1 heterocycles. The van der Waals surface area contributed by atoms with E-state index < -0.39 is 11.7 Å². The molecule has 0 unspecified atom stereocenters. The standard InChI is InChI=1S/C12H8F3IN2O/c13-12(14,15)9-3-1-8(2-4-9)7-18-11(19)5-10(16)6-17-18/h1-6H,7H2. The van der Waals surface area contributed by atoms with Crippen LogP contribution in [0, 0.1) is 3.57 Å². The van der Waals surface area contributed by atoms with Crippen LogP contribution in [0.1, 0.15) is 11.1 Å². The van der Waals surface area contributed by atoms with Crippen molar-refractivity contribution in [2.24, 2.45) is 0 Å². The first-order valence-corrected chi connectivity index (χ1v) is 6.33. The third-order valence-corrected chi connectivity index (χ3v) is 3.04. The molecule has 19 heavy (non-hydrogen) atoms. The highest BCUT2D eigenvalue weighted by Crippen LogP contribution is 2.29. The van der Waals surface area contributed by atoms with E-state index in [9.17, 15) is 18.0 Å². The summed E-state index contributed by atoms with van der Waals surface area (Å²) in [5, 5.41) is 3.92. The van der Waals surface area contributed by atoms with Crippen molar-refractivity contribution in [2.45, 2.75) is 12.7 Å². The van der Waals surface area contributed by atoms with Crippen LogP contribution in [0.3, 0.4) is 0 Å². The highest BCUT2D eigenvalue weighted by molar-refractivity contribution is 14.1. The van der Waals surface area contributed by atoms with Gasteiger partial charge in [-0.05, 0) is 40.3 Å². The quantitative estimate of drug-likeness (QED) is 0.752. The molecule has 0 fully saturated rings. The van der Waals surface area contributed by atoms with Gasteiger partial charge in [0.2, 0.25) is 0 Å². The van der Waals surface area contributed by atoms with Gasteiger partial charge in [0.15, 0.2) is 0 Å². The third kappa shape index (κ3) is 3.55. The average molecular weight is 380 g/mol. The van der Waals surface area contributed by atoms with E-state index in [0.29, 0.717) is 9.13 Å². The Bertz CT molecular complexity index is 635. The molecule has 1 aromatic carbocycles. The number of hydrogen-bond acceptors (Lipinski definition) is 2. The molecule has 0 aliphatic heterocycles. The van der Waals surface area contributed by atoms with E-state index in [1.807, 2.05) is 22.6 Å². The topological polar surface area (TPSA) is 34.9 Å². The first-order chi connectivity index (χ1) is 8.86. The average Bonchev–Trinajstić information content (AvgIpc) is 2.32. The number of halogens is 4. The van der Waals surface area contributed by atoms with Crippen molar-refractivity contribution in [3.05, 3.63) is 61.6 Å². The number of benzene rings is 1. The van der Waals surface area contributed by atoms with E-state index >= 15 is 0 Å². The first-order valence-electron chi connectivity index (χ1n) is 5.25. The first kappa shape index (κ1) is 14.0. The van der Waals surface area contributed by atoms with Crippen LogP contribution < -0.4 is 5.56 Å². The lowest BCUT2D eigenvalue weighted by Gasteiger charge is -2.08. The zero-order valence-corrected chi connectivity index (χ0v) is 11.6. The molecule has 0 saturated heterocycles. The third-order valence-electron chi connectivity index (χ3n) is 2.45. The Kier molecular flexibility index (Phi) is 3.93. The molecular formula is C12H8F3IN2O. The van der Waals surface area contributed by atoms with E-state index in [1.54, 1.807) is 0 Å². The number of hydrogen-bond donors (Lipinski definition) is 0. The molecule has 0 radical (unpaired) electrons. The van der Waals surface area contributed by atoms with Crippen LogP contribution >= 0.6 is 22.6 Å². The zero-order valence-electron chi connectivity index (χ0n) is 9.49. The predicted molar refractivity (Wildman–Crippen MR) is 71.8 cm³/mol. The van der Waals surface area contributed by atoms with E-state index in [4.69, 9.17) is 0 Å². The summed E-state index contributed by atoms with van der Waals surface area (Å²) in [5.74, 6) is 0. The van der Waals surface area contributed by atoms with Gasteiger partial charge in [-0.1, -0.05) is 12.1 Å². The van der Waals surface area contributed by atoms with Crippen molar-refractivity contribution in [3.63, 3.8) is 0 Å². The van der Waals surface area contributed by atoms with Crippen molar-refractivity contribution in [1.82, 2.24) is 9.78 Å². The zero-order chi connectivity index (χ0) is 14.0. The predicted octanol–water partition coefficient (Wildman–Crippen LogP) is 2.92. The summed E-state index contributed by atoms with van der Waals surface area (Å²) in [5.41, 5.74) is -0.408. The van der Waals surface area contributed by atoms with Crippen LogP contribution in [0.2, 0.25) is 0 Å². The molecule has 2 rings (SSSR count). The van der Waals surface area contributed by atoms with Gasteiger partial charge in [0.05, 0.1) is 18.3 Å². The normalized spacial score (nSPS) is 11.6. The maximum absolute atomic E-state index is 12.4. The van der Waals surface area contributed by atoms with Gasteiger partial charge in [0, 0.05) is 9.64 Å². The van der Waals surface area contributed by atoms with Crippen LogP contribution in [0.15, 0.2) is 41.3 Å². The summed E-state index contributed by atoms with van der Waals surface area (Å²) in [6.07, 6.45) is -2.83. The minimum absolute atomic E-state index is 0.147. The second-order valence-corrected chi connectivity index (χ2v) is 5.11. The maximum atomic E-state index is 12.4. The molecular weight excluding hydrogens is 372 g/mol. The van der Waals surface area contributed by atoms with Gasteiger partial charge in [0.1, 0.15) is 0 Å². The largest absolute Gasteiger partial charge is 0.416 e. The van der Waals surface area contributed by atoms with Crippen molar-refractivity contribution in [1.29, 1.82) is 0 Å². The Labute approximate surface area is 120 Å². The van der Waals surface area contributed by atoms with Crippen molar-refractivity contribution < 1.29 is 13.2 Å². The second kappa shape index (κ2) is 5.32. The lowest BCUT2D eigenvalue weighted by atomic mass is 10.1. The Balaban J connectivity index is 2.22. The van der Waals surface area contributed by atoms with Crippen LogP contribution in [-0.2, 0) is 12.7 Å². The van der Waals surface area contributed by atoms with Crippen molar-refractivity contribution >= 4 is 22.6 Å². The van der Waals surface area contributed by atoms with E-state index in [2.05, 4.69) is 5.10 Å². The van der Waals surface area contributed by atoms with Crippen LogP contribution in [0.4, 0.5) is 13.2 Å². The summed E-state index contributed by atoms with van der Waals surface area (Å²) in [6.45, 7) is 0.147. The molecule has 0 saturated carbocycles. The fraction of sp³-hybridized carbons (Fsp3) is 0.167. The van der Waals surface area contributed by atoms with Gasteiger partial charge in [-0.2, -0.15) is 18.3 Å². The number of alkyl halides is 3. The molecule has 0 amide bonds. The highest BCUT2D eigenvalue weighted by atomic mass is 127. The van der Waals surface area contributed by atoms with Gasteiger partial charge in [-0.3, -0.25) is 4.79 Å². The Morgan fingerprint density at radius 1 is 1.21 bits per heavy atom. The van der Waals surface area contributed by atoms with Gasteiger partial charge in [0.25, 0.3) is 5.56 Å². The second-order valence-electron chi connectivity index (χ2n) is 3.86. The summed E-state index contributed by atoms with van der Waals surface area (Å²) >= 11 is 1.97. The Morgan fingerprint density at radius 3 is 2.37 bits per heavy atom. The molecule has 2 aromatic rings. The van der Waals surface area contributed by atoms with Crippen LogP contribution in [0.25, 0.3) is 0 Å². The fourth-order valence-corrected chi connectivity index (χ4v) is 1.89. The number of aromatic nitrogens is 2. The Hall–Kier alpha value is -1.38. The van der Waals surface area contributed by atoms with E-state index in [1.165, 1.54) is 29.1 Å². The minimum atomic E-state index is -4.35. The van der Waals surface area contributed by atoms with Crippen LogP contribution in [0.5, 0.6) is 0 Å². The summed E-state index contributed by atoms with van der Waals surface area (Å²) < 4.78 is 39.1. The molecule has 0 spiro atoms. The number of rotatable bonds is 2. The monoisotopic (exact) mass is 380 g/mol. The molecule has 0 aliphatic carbocycles. The minimum Gasteiger partial charge on any atom is -0.268 e. The lowest BCUT2D eigenvalue weighted by Crippen LogP contribution is -2.22. The molecule has 100 valence electrons. The van der Waals surface area contributed by atoms with Gasteiger partial charge in [-0.25, -0.2) is 4.68 Å². The summed E-state index contributed by atoms with van der Waals surface area (Å²) in [7, 11) is 0. The molecule has 0 aliphatic rings. The van der Waals surface area contributed by atoms with Gasteiger partial charge in [-0.15, -0.1) is 0 Å². The summed E-state index contributed by atoms with van der Waals surface area (Å²) in [4.78, 5) is 11.6. The van der Waals surface area contributed by atoms with Crippen LogP contribution in [-0.4, -0.2) is 9.78 Å². The van der Waals surface area contributed by atoms with Crippen molar-refractivity contribution in [2.75, 3.05) is 0 Å². The number of nitrogens with zero attached hydrogens (tertiary/aromatic N) is 2. The molecule has 7 heteroatoms. The lowest BCUT2D eigenvalue weighted by molar-refractivity contribution is -0.137. The summed E-state index contributed by atoms with van der Waals surface area (Å²) in [6, 6.07) is 6.08. The fourth-order valence-electron chi connectivity index (χ4n) is 1.50. The molecule has 0 atom stereocenters.